The SMILES string of the molecule is CCN1CCOC(=O)[C@H]1CC(=O)Nc1cc(Cl)ccc1Cl. The molecular weight excluding hydrogens is 315 g/mol. The standard InChI is InChI=1S/C14H16Cl2N2O3/c1-2-18-5-6-21-14(20)12(18)8-13(19)17-11-7-9(15)3-4-10(11)16/h3-4,7,12H,2,5-6,8H2,1H3,(H,17,19)/t12-/m1/s1. The van der Waals surface area contributed by atoms with Crippen LogP contribution in [0.2, 0.25) is 10.0 Å². The average molecular weight is 331 g/mol. The molecule has 0 bridgehead atoms. The summed E-state index contributed by atoms with van der Waals surface area (Å²) in [7, 11) is 0. The number of amides is 1. The first kappa shape index (κ1) is 16.1. The van der Waals surface area contributed by atoms with Gasteiger partial charge in [-0.15, -0.1) is 0 Å². The van der Waals surface area contributed by atoms with Gasteiger partial charge in [0.15, 0.2) is 0 Å². The molecule has 1 aliphatic rings. The molecule has 0 saturated carbocycles. The van der Waals surface area contributed by atoms with Crippen molar-refractivity contribution in [3.63, 3.8) is 0 Å². The predicted molar refractivity (Wildman–Crippen MR) is 81.7 cm³/mol. The lowest BCUT2D eigenvalue weighted by molar-refractivity contribution is -0.158. The van der Waals surface area contributed by atoms with Gasteiger partial charge in [-0.2, -0.15) is 0 Å². The number of nitrogens with one attached hydrogen (secondary N) is 1. The molecule has 0 aliphatic carbocycles. The average Bonchev–Trinajstić information content (AvgIpc) is 2.45. The fraction of sp³-hybridized carbons (Fsp3) is 0.429. The number of hydrogen-bond acceptors (Lipinski definition) is 4. The summed E-state index contributed by atoms with van der Waals surface area (Å²) in [6.45, 7) is 3.63. The van der Waals surface area contributed by atoms with Crippen molar-refractivity contribution in [2.75, 3.05) is 25.0 Å². The number of anilines is 1. The van der Waals surface area contributed by atoms with Gasteiger partial charge in [-0.25, -0.2) is 0 Å². The smallest absolute Gasteiger partial charge is 0.323 e. The number of rotatable bonds is 4. The summed E-state index contributed by atoms with van der Waals surface area (Å²) in [6, 6.07) is 4.25. The van der Waals surface area contributed by atoms with Gasteiger partial charge in [0.1, 0.15) is 12.6 Å². The summed E-state index contributed by atoms with van der Waals surface area (Å²) in [5.74, 6) is -0.670. The van der Waals surface area contributed by atoms with Crippen molar-refractivity contribution in [3.8, 4) is 0 Å². The Labute approximate surface area is 133 Å². The number of carbonyl (C=O) groups is 2. The molecule has 1 aromatic carbocycles. The second kappa shape index (κ2) is 7.11. The minimum absolute atomic E-state index is 0.0233. The van der Waals surface area contributed by atoms with Gasteiger partial charge < -0.3 is 10.1 Å². The molecule has 2 rings (SSSR count). The molecule has 1 aromatic rings. The third-order valence-corrected chi connectivity index (χ3v) is 3.89. The third kappa shape index (κ3) is 4.09. The molecule has 5 nitrogen and oxygen atoms in total. The Balaban J connectivity index is 2.03. The number of halogens is 2. The number of hydrogen-bond donors (Lipinski definition) is 1. The molecule has 1 saturated heterocycles. The van der Waals surface area contributed by atoms with E-state index in [2.05, 4.69) is 5.32 Å². The molecule has 1 amide bonds. The summed E-state index contributed by atoms with van der Waals surface area (Å²) >= 11 is 11.9. The van der Waals surface area contributed by atoms with Crippen LogP contribution < -0.4 is 5.32 Å². The van der Waals surface area contributed by atoms with E-state index in [0.717, 1.165) is 0 Å². The topological polar surface area (TPSA) is 58.6 Å². The summed E-state index contributed by atoms with van der Waals surface area (Å²) < 4.78 is 5.01. The monoisotopic (exact) mass is 330 g/mol. The number of morpholine rings is 1. The van der Waals surface area contributed by atoms with Crippen LogP contribution >= 0.6 is 23.2 Å². The lowest BCUT2D eigenvalue weighted by atomic mass is 10.1. The number of carbonyl (C=O) groups excluding carboxylic acids is 2. The maximum absolute atomic E-state index is 12.1. The molecule has 0 radical (unpaired) electrons. The first-order chi connectivity index (χ1) is 10.0. The largest absolute Gasteiger partial charge is 0.463 e. The molecular formula is C14H16Cl2N2O3. The van der Waals surface area contributed by atoms with Gasteiger partial charge in [-0.05, 0) is 24.7 Å². The van der Waals surface area contributed by atoms with Crippen LogP contribution in [0.5, 0.6) is 0 Å². The van der Waals surface area contributed by atoms with E-state index in [4.69, 9.17) is 27.9 Å². The number of nitrogens with zero attached hydrogens (tertiary/aromatic N) is 1. The Hall–Kier alpha value is -1.30. The maximum Gasteiger partial charge on any atom is 0.323 e. The summed E-state index contributed by atoms with van der Waals surface area (Å²) in [4.78, 5) is 25.8. The van der Waals surface area contributed by atoms with Crippen LogP contribution in [-0.2, 0) is 14.3 Å². The van der Waals surface area contributed by atoms with Crippen LogP contribution in [0.15, 0.2) is 18.2 Å². The molecule has 21 heavy (non-hydrogen) atoms. The first-order valence-electron chi connectivity index (χ1n) is 6.67. The molecule has 1 aliphatic heterocycles. The van der Waals surface area contributed by atoms with Crippen LogP contribution in [0, 0.1) is 0 Å². The second-order valence-corrected chi connectivity index (χ2v) is 5.53. The van der Waals surface area contributed by atoms with Gasteiger partial charge in [-0.1, -0.05) is 30.1 Å². The summed E-state index contributed by atoms with van der Waals surface area (Å²) in [5.41, 5.74) is 0.432. The van der Waals surface area contributed by atoms with Crippen LogP contribution in [0.25, 0.3) is 0 Å². The molecule has 0 aromatic heterocycles. The van der Waals surface area contributed by atoms with Gasteiger partial charge in [0.2, 0.25) is 5.91 Å². The highest BCUT2D eigenvalue weighted by atomic mass is 35.5. The van der Waals surface area contributed by atoms with E-state index in [1.807, 2.05) is 11.8 Å². The zero-order chi connectivity index (χ0) is 15.4. The first-order valence-corrected chi connectivity index (χ1v) is 7.42. The number of likely N-dealkylation sites (N-methyl/N-ethyl adjacent to an activating group) is 1. The molecule has 1 heterocycles. The second-order valence-electron chi connectivity index (χ2n) is 4.69. The molecule has 0 unspecified atom stereocenters. The van der Waals surface area contributed by atoms with E-state index in [-0.39, 0.29) is 18.3 Å². The normalized spacial score (nSPS) is 19.2. The Morgan fingerprint density at radius 1 is 1.48 bits per heavy atom. The van der Waals surface area contributed by atoms with E-state index in [1.165, 1.54) is 0 Å². The lowest BCUT2D eigenvalue weighted by Gasteiger charge is -2.32. The van der Waals surface area contributed by atoms with E-state index >= 15 is 0 Å². The Bertz CT molecular complexity index is 551. The van der Waals surface area contributed by atoms with Gasteiger partial charge in [-0.3, -0.25) is 14.5 Å². The van der Waals surface area contributed by atoms with E-state index in [9.17, 15) is 9.59 Å². The lowest BCUT2D eigenvalue weighted by Crippen LogP contribution is -2.50. The molecule has 1 N–H and O–H groups in total. The zero-order valence-corrected chi connectivity index (χ0v) is 13.1. The molecule has 1 fully saturated rings. The van der Waals surface area contributed by atoms with Gasteiger partial charge in [0.05, 0.1) is 17.1 Å². The van der Waals surface area contributed by atoms with Crippen molar-refractivity contribution in [2.24, 2.45) is 0 Å². The Morgan fingerprint density at radius 3 is 2.95 bits per heavy atom. The maximum atomic E-state index is 12.1. The number of esters is 1. The van der Waals surface area contributed by atoms with E-state index in [0.29, 0.717) is 35.4 Å². The van der Waals surface area contributed by atoms with Crippen LogP contribution in [0.3, 0.4) is 0 Å². The van der Waals surface area contributed by atoms with Crippen molar-refractivity contribution < 1.29 is 14.3 Å². The molecule has 0 spiro atoms. The number of ether oxygens (including phenoxy) is 1. The number of benzene rings is 1. The van der Waals surface area contributed by atoms with Crippen molar-refractivity contribution in [3.05, 3.63) is 28.2 Å². The quantitative estimate of drug-likeness (QED) is 0.862. The zero-order valence-electron chi connectivity index (χ0n) is 11.6. The van der Waals surface area contributed by atoms with Gasteiger partial charge in [0.25, 0.3) is 0 Å². The highest BCUT2D eigenvalue weighted by Crippen LogP contribution is 2.25. The van der Waals surface area contributed by atoms with Crippen LogP contribution in [-0.4, -0.2) is 42.5 Å². The summed E-state index contributed by atoms with van der Waals surface area (Å²) in [6.07, 6.45) is 0.0233. The van der Waals surface area contributed by atoms with Crippen molar-refractivity contribution in [1.82, 2.24) is 4.90 Å². The van der Waals surface area contributed by atoms with Crippen molar-refractivity contribution in [2.45, 2.75) is 19.4 Å². The van der Waals surface area contributed by atoms with Crippen molar-refractivity contribution in [1.29, 1.82) is 0 Å². The van der Waals surface area contributed by atoms with Crippen molar-refractivity contribution >= 4 is 40.8 Å². The summed E-state index contributed by atoms with van der Waals surface area (Å²) in [5, 5.41) is 3.54. The fourth-order valence-corrected chi connectivity index (χ4v) is 2.56. The Morgan fingerprint density at radius 2 is 2.24 bits per heavy atom. The van der Waals surface area contributed by atoms with E-state index in [1.54, 1.807) is 18.2 Å². The highest BCUT2D eigenvalue weighted by Gasteiger charge is 2.32. The molecule has 7 heteroatoms. The minimum Gasteiger partial charge on any atom is -0.463 e. The predicted octanol–water partition coefficient (Wildman–Crippen LogP) is 2.57. The minimum atomic E-state index is -0.554. The fourth-order valence-electron chi connectivity index (χ4n) is 2.23. The van der Waals surface area contributed by atoms with Crippen LogP contribution in [0.4, 0.5) is 5.69 Å². The molecule has 114 valence electrons. The molecule has 1 atom stereocenters. The van der Waals surface area contributed by atoms with Gasteiger partial charge >= 0.3 is 5.97 Å². The van der Waals surface area contributed by atoms with Gasteiger partial charge in [0, 0.05) is 11.6 Å². The number of cyclic esters (lactones) is 1. The Kier molecular flexibility index (Phi) is 5.45. The van der Waals surface area contributed by atoms with Crippen LogP contribution in [0.1, 0.15) is 13.3 Å². The highest BCUT2D eigenvalue weighted by molar-refractivity contribution is 6.35. The van der Waals surface area contributed by atoms with E-state index < -0.39 is 6.04 Å². The third-order valence-electron chi connectivity index (χ3n) is 3.32.